The highest BCUT2D eigenvalue weighted by molar-refractivity contribution is 9.10. The molecular weight excluding hydrogens is 288 g/mol. The monoisotopic (exact) mass is 304 g/mol. The van der Waals surface area contributed by atoms with E-state index >= 15 is 0 Å². The molecule has 2 aromatic carbocycles. The summed E-state index contributed by atoms with van der Waals surface area (Å²) in [6, 6.07) is 16.5. The van der Waals surface area contributed by atoms with Crippen LogP contribution < -0.4 is 0 Å². The van der Waals surface area contributed by atoms with E-state index in [2.05, 4.69) is 41.1 Å². The van der Waals surface area contributed by atoms with Gasteiger partial charge < -0.3 is 5.11 Å². The molecule has 1 unspecified atom stereocenters. The van der Waals surface area contributed by atoms with Gasteiger partial charge in [-0.1, -0.05) is 58.4 Å². The number of rotatable bonds is 4. The van der Waals surface area contributed by atoms with Gasteiger partial charge in [0.1, 0.15) is 0 Å². The molecule has 0 radical (unpaired) electrons. The van der Waals surface area contributed by atoms with Crippen LogP contribution in [-0.4, -0.2) is 11.7 Å². The molecule has 94 valence electrons. The summed E-state index contributed by atoms with van der Waals surface area (Å²) in [5, 5.41) is 9.64. The fourth-order valence-corrected chi connectivity index (χ4v) is 2.69. The summed E-state index contributed by atoms with van der Waals surface area (Å²) >= 11 is 3.56. The number of aryl methyl sites for hydroxylation is 1. The molecule has 2 heteroatoms. The predicted octanol–water partition coefficient (Wildman–Crippen LogP) is 4.08. The molecule has 2 rings (SSSR count). The van der Waals surface area contributed by atoms with Crippen LogP contribution in [0.15, 0.2) is 53.0 Å². The van der Waals surface area contributed by atoms with Crippen LogP contribution in [0.1, 0.15) is 22.6 Å². The second kappa shape index (κ2) is 6.17. The minimum absolute atomic E-state index is 0.157. The molecule has 0 saturated heterocycles. The molecule has 1 atom stereocenters. The van der Waals surface area contributed by atoms with Gasteiger partial charge in [-0.05, 0) is 36.1 Å². The zero-order valence-electron chi connectivity index (χ0n) is 10.4. The fraction of sp³-hybridized carbons (Fsp3) is 0.250. The lowest BCUT2D eigenvalue weighted by atomic mass is 9.90. The Morgan fingerprint density at radius 2 is 1.72 bits per heavy atom. The topological polar surface area (TPSA) is 20.2 Å². The van der Waals surface area contributed by atoms with Crippen molar-refractivity contribution in [3.05, 3.63) is 69.7 Å². The largest absolute Gasteiger partial charge is 0.396 e. The summed E-state index contributed by atoms with van der Waals surface area (Å²) in [7, 11) is 0. The van der Waals surface area contributed by atoms with Crippen LogP contribution in [0, 0.1) is 6.92 Å². The van der Waals surface area contributed by atoms with E-state index in [9.17, 15) is 5.11 Å². The molecule has 0 amide bonds. The van der Waals surface area contributed by atoms with E-state index < -0.39 is 0 Å². The van der Waals surface area contributed by atoms with Crippen molar-refractivity contribution < 1.29 is 5.11 Å². The molecule has 0 aromatic heterocycles. The third-order valence-corrected chi connectivity index (χ3v) is 4.05. The van der Waals surface area contributed by atoms with Gasteiger partial charge in [0.2, 0.25) is 0 Å². The van der Waals surface area contributed by atoms with E-state index in [0.29, 0.717) is 0 Å². The third kappa shape index (κ3) is 3.01. The number of aliphatic hydroxyl groups is 1. The quantitative estimate of drug-likeness (QED) is 0.902. The Hall–Kier alpha value is -1.12. The normalized spacial score (nSPS) is 12.4. The minimum Gasteiger partial charge on any atom is -0.396 e. The van der Waals surface area contributed by atoms with Gasteiger partial charge in [-0.15, -0.1) is 0 Å². The number of hydrogen-bond acceptors (Lipinski definition) is 1. The average Bonchev–Trinajstić information content (AvgIpc) is 2.39. The first-order valence-corrected chi connectivity index (χ1v) is 6.91. The van der Waals surface area contributed by atoms with E-state index in [1.165, 1.54) is 16.7 Å². The Bertz CT molecular complexity index is 522. The first kappa shape index (κ1) is 13.3. The predicted molar refractivity (Wildman–Crippen MR) is 78.9 cm³/mol. The van der Waals surface area contributed by atoms with Crippen molar-refractivity contribution in [1.29, 1.82) is 0 Å². The summed E-state index contributed by atoms with van der Waals surface area (Å²) in [6.45, 7) is 2.27. The smallest absolute Gasteiger partial charge is 0.0503 e. The van der Waals surface area contributed by atoms with E-state index in [1.807, 2.05) is 30.3 Å². The summed E-state index contributed by atoms with van der Waals surface area (Å²) in [4.78, 5) is 0. The number of hydrogen-bond donors (Lipinski definition) is 1. The van der Waals surface area contributed by atoms with E-state index in [4.69, 9.17) is 0 Å². The van der Waals surface area contributed by atoms with Crippen molar-refractivity contribution in [3.63, 3.8) is 0 Å². The Morgan fingerprint density at radius 3 is 2.39 bits per heavy atom. The van der Waals surface area contributed by atoms with Gasteiger partial charge in [0, 0.05) is 10.4 Å². The van der Waals surface area contributed by atoms with Crippen LogP contribution in [0.2, 0.25) is 0 Å². The second-order valence-corrected chi connectivity index (χ2v) is 5.39. The molecular formula is C16H17BrO. The highest BCUT2D eigenvalue weighted by Crippen LogP contribution is 2.26. The van der Waals surface area contributed by atoms with Gasteiger partial charge in [0.25, 0.3) is 0 Å². The van der Waals surface area contributed by atoms with Gasteiger partial charge in [-0.3, -0.25) is 0 Å². The number of halogens is 1. The highest BCUT2D eigenvalue weighted by atomic mass is 79.9. The Balaban J connectivity index is 2.26. The van der Waals surface area contributed by atoms with E-state index in [1.54, 1.807) is 0 Å². The van der Waals surface area contributed by atoms with Crippen LogP contribution in [0.3, 0.4) is 0 Å². The summed E-state index contributed by atoms with van der Waals surface area (Å²) in [5.41, 5.74) is 3.71. The summed E-state index contributed by atoms with van der Waals surface area (Å²) in [5.74, 6) is 0.157. The molecule has 0 aliphatic rings. The van der Waals surface area contributed by atoms with Crippen molar-refractivity contribution in [2.24, 2.45) is 0 Å². The molecule has 0 aliphatic heterocycles. The lowest BCUT2D eigenvalue weighted by Crippen LogP contribution is -2.09. The minimum atomic E-state index is 0.157. The van der Waals surface area contributed by atoms with Crippen molar-refractivity contribution >= 4 is 15.9 Å². The Kier molecular flexibility index (Phi) is 4.56. The molecule has 1 N–H and O–H groups in total. The van der Waals surface area contributed by atoms with Crippen LogP contribution >= 0.6 is 15.9 Å². The number of aliphatic hydroxyl groups excluding tert-OH is 1. The molecule has 0 bridgehead atoms. The molecule has 0 heterocycles. The maximum Gasteiger partial charge on any atom is 0.0503 e. The highest BCUT2D eigenvalue weighted by Gasteiger charge is 2.14. The maximum absolute atomic E-state index is 9.64. The van der Waals surface area contributed by atoms with Gasteiger partial charge in [0.05, 0.1) is 6.61 Å². The zero-order chi connectivity index (χ0) is 13.0. The maximum atomic E-state index is 9.64. The second-order valence-electron chi connectivity index (χ2n) is 4.53. The molecule has 2 aromatic rings. The lowest BCUT2D eigenvalue weighted by Gasteiger charge is -2.17. The van der Waals surface area contributed by atoms with Crippen LogP contribution in [0.25, 0.3) is 0 Å². The van der Waals surface area contributed by atoms with Gasteiger partial charge in [-0.2, -0.15) is 0 Å². The summed E-state index contributed by atoms with van der Waals surface area (Å²) in [6.07, 6.45) is 0.850. The van der Waals surface area contributed by atoms with E-state index in [-0.39, 0.29) is 12.5 Å². The van der Waals surface area contributed by atoms with Crippen molar-refractivity contribution in [2.45, 2.75) is 19.3 Å². The first-order valence-electron chi connectivity index (χ1n) is 6.12. The molecule has 0 spiro atoms. The Morgan fingerprint density at radius 1 is 1.06 bits per heavy atom. The SMILES string of the molecule is Cc1ccccc1C(CO)Cc1ccccc1Br. The molecule has 0 aliphatic carbocycles. The molecule has 0 fully saturated rings. The fourth-order valence-electron chi connectivity index (χ4n) is 2.25. The third-order valence-electron chi connectivity index (χ3n) is 3.27. The van der Waals surface area contributed by atoms with Crippen molar-refractivity contribution in [2.75, 3.05) is 6.61 Å². The van der Waals surface area contributed by atoms with Crippen molar-refractivity contribution in [3.8, 4) is 0 Å². The molecule has 18 heavy (non-hydrogen) atoms. The average molecular weight is 305 g/mol. The zero-order valence-corrected chi connectivity index (χ0v) is 12.0. The first-order chi connectivity index (χ1) is 8.72. The Labute approximate surface area is 117 Å². The van der Waals surface area contributed by atoms with E-state index in [0.717, 1.165) is 10.9 Å². The van der Waals surface area contributed by atoms with Crippen LogP contribution in [-0.2, 0) is 6.42 Å². The standard InChI is InChI=1S/C16H17BrO/c1-12-6-2-4-8-15(12)14(11-18)10-13-7-3-5-9-16(13)17/h2-9,14,18H,10-11H2,1H3. The molecule has 0 saturated carbocycles. The molecule has 1 nitrogen and oxygen atoms in total. The summed E-state index contributed by atoms with van der Waals surface area (Å²) < 4.78 is 1.11. The van der Waals surface area contributed by atoms with Crippen LogP contribution in [0.4, 0.5) is 0 Å². The lowest BCUT2D eigenvalue weighted by molar-refractivity contribution is 0.264. The van der Waals surface area contributed by atoms with Gasteiger partial charge >= 0.3 is 0 Å². The number of benzene rings is 2. The van der Waals surface area contributed by atoms with Gasteiger partial charge in [0.15, 0.2) is 0 Å². The van der Waals surface area contributed by atoms with Gasteiger partial charge in [-0.25, -0.2) is 0 Å². The van der Waals surface area contributed by atoms with Crippen LogP contribution in [0.5, 0.6) is 0 Å². The van der Waals surface area contributed by atoms with Crippen molar-refractivity contribution in [1.82, 2.24) is 0 Å².